The van der Waals surface area contributed by atoms with E-state index in [9.17, 15) is 10.1 Å². The van der Waals surface area contributed by atoms with E-state index in [2.05, 4.69) is 10.3 Å². The van der Waals surface area contributed by atoms with Crippen LogP contribution in [-0.2, 0) is 0 Å². The lowest BCUT2D eigenvalue weighted by Gasteiger charge is -2.31. The van der Waals surface area contributed by atoms with Gasteiger partial charge in [0.15, 0.2) is 0 Å². The summed E-state index contributed by atoms with van der Waals surface area (Å²) in [6, 6.07) is 2.97. The van der Waals surface area contributed by atoms with Gasteiger partial charge in [0.25, 0.3) is 0 Å². The molecule has 19 heavy (non-hydrogen) atoms. The molecule has 1 rings (SSSR count). The van der Waals surface area contributed by atoms with Crippen LogP contribution in [0.15, 0.2) is 12.1 Å². The van der Waals surface area contributed by atoms with Crippen LogP contribution < -0.4 is 5.32 Å². The molecule has 0 saturated carbocycles. The van der Waals surface area contributed by atoms with E-state index >= 15 is 0 Å². The summed E-state index contributed by atoms with van der Waals surface area (Å²) in [4.78, 5) is 14.7. The summed E-state index contributed by atoms with van der Waals surface area (Å²) in [6.07, 6.45) is 0.510. The van der Waals surface area contributed by atoms with E-state index < -0.39 is 4.92 Å². The van der Waals surface area contributed by atoms with Gasteiger partial charge in [-0.2, -0.15) is 0 Å². The summed E-state index contributed by atoms with van der Waals surface area (Å²) < 4.78 is 0. The van der Waals surface area contributed by atoms with Crippen LogP contribution in [0.4, 0.5) is 11.5 Å². The number of nitrogens with zero attached hydrogens (tertiary/aromatic N) is 2. The Balaban J connectivity index is 3.08. The van der Waals surface area contributed by atoms with E-state index in [0.717, 1.165) is 0 Å². The summed E-state index contributed by atoms with van der Waals surface area (Å²) in [5.41, 5.74) is 0.532. The summed E-state index contributed by atoms with van der Waals surface area (Å²) >= 11 is 0. The normalized spacial score (nSPS) is 13.1. The minimum Gasteiger partial charge on any atom is -0.396 e. The number of rotatable bonds is 5. The highest BCUT2D eigenvalue weighted by Gasteiger charge is 2.27. The number of anilines is 1. The van der Waals surface area contributed by atoms with Crippen molar-refractivity contribution in [2.24, 2.45) is 5.41 Å². The Hall–Kier alpha value is -1.69. The Morgan fingerprint density at radius 1 is 1.47 bits per heavy atom. The van der Waals surface area contributed by atoms with Crippen molar-refractivity contribution in [2.75, 3.05) is 11.9 Å². The number of aryl methyl sites for hydroxylation is 1. The van der Waals surface area contributed by atoms with E-state index in [1.54, 1.807) is 13.0 Å². The van der Waals surface area contributed by atoms with Gasteiger partial charge in [-0.1, -0.05) is 20.8 Å². The predicted octanol–water partition coefficient (Wildman–Crippen LogP) is 2.51. The molecule has 106 valence electrons. The van der Waals surface area contributed by atoms with Crippen LogP contribution in [0.5, 0.6) is 0 Å². The molecule has 0 aliphatic carbocycles. The van der Waals surface area contributed by atoms with Gasteiger partial charge in [0.2, 0.25) is 5.82 Å². The molecule has 0 radical (unpaired) electrons. The van der Waals surface area contributed by atoms with Crippen LogP contribution in [0.25, 0.3) is 0 Å². The zero-order valence-corrected chi connectivity index (χ0v) is 11.8. The molecular formula is C13H21N3O3. The maximum Gasteiger partial charge on any atom is 0.311 e. The molecule has 1 atom stereocenters. The molecule has 6 nitrogen and oxygen atoms in total. The van der Waals surface area contributed by atoms with Gasteiger partial charge in [0.1, 0.15) is 0 Å². The highest BCUT2D eigenvalue weighted by atomic mass is 16.6. The molecule has 0 spiro atoms. The van der Waals surface area contributed by atoms with Gasteiger partial charge in [0, 0.05) is 24.4 Å². The van der Waals surface area contributed by atoms with Gasteiger partial charge in [-0.25, -0.2) is 4.98 Å². The number of nitro groups is 1. The Labute approximate surface area is 113 Å². The van der Waals surface area contributed by atoms with Gasteiger partial charge in [-0.05, 0) is 24.8 Å². The molecule has 1 unspecified atom stereocenters. The number of nitrogens with one attached hydrogen (secondary N) is 1. The average molecular weight is 267 g/mol. The highest BCUT2D eigenvalue weighted by Crippen LogP contribution is 2.29. The third kappa shape index (κ3) is 4.17. The number of pyridine rings is 1. The molecule has 0 aliphatic heterocycles. The molecule has 2 N–H and O–H groups in total. The highest BCUT2D eigenvalue weighted by molar-refractivity contribution is 5.56. The first-order valence-corrected chi connectivity index (χ1v) is 6.25. The molecule has 0 aliphatic rings. The second-order valence-corrected chi connectivity index (χ2v) is 5.65. The Bertz CT molecular complexity index is 455. The second-order valence-electron chi connectivity index (χ2n) is 5.65. The topological polar surface area (TPSA) is 88.3 Å². The smallest absolute Gasteiger partial charge is 0.311 e. The van der Waals surface area contributed by atoms with Crippen molar-refractivity contribution in [3.63, 3.8) is 0 Å². The first kappa shape index (κ1) is 15.4. The molecule has 1 aromatic rings. The van der Waals surface area contributed by atoms with E-state index in [1.165, 1.54) is 6.07 Å². The molecule has 1 heterocycles. The van der Waals surface area contributed by atoms with Gasteiger partial charge >= 0.3 is 5.69 Å². The first-order valence-electron chi connectivity index (χ1n) is 6.25. The SMILES string of the molecule is Cc1ccc([N+](=O)[O-])c(NC(CCO)C(C)(C)C)n1. The zero-order valence-electron chi connectivity index (χ0n) is 11.8. The number of hydrogen-bond acceptors (Lipinski definition) is 5. The van der Waals surface area contributed by atoms with Gasteiger partial charge in [-0.15, -0.1) is 0 Å². The largest absolute Gasteiger partial charge is 0.396 e. The third-order valence-corrected chi connectivity index (χ3v) is 2.98. The summed E-state index contributed by atoms with van der Waals surface area (Å²) in [7, 11) is 0. The predicted molar refractivity (Wildman–Crippen MR) is 74.2 cm³/mol. The van der Waals surface area contributed by atoms with E-state index in [-0.39, 0.29) is 29.6 Å². The van der Waals surface area contributed by atoms with Crippen LogP contribution in [0, 0.1) is 22.5 Å². The van der Waals surface area contributed by atoms with Crippen molar-refractivity contribution >= 4 is 11.5 Å². The van der Waals surface area contributed by atoms with E-state index in [0.29, 0.717) is 12.1 Å². The lowest BCUT2D eigenvalue weighted by atomic mass is 9.85. The van der Waals surface area contributed by atoms with Crippen molar-refractivity contribution in [3.05, 3.63) is 27.9 Å². The van der Waals surface area contributed by atoms with Crippen molar-refractivity contribution in [1.29, 1.82) is 0 Å². The van der Waals surface area contributed by atoms with Crippen LogP contribution in [-0.4, -0.2) is 27.7 Å². The van der Waals surface area contributed by atoms with E-state index in [1.807, 2.05) is 20.8 Å². The molecule has 0 saturated heterocycles. The van der Waals surface area contributed by atoms with Crippen LogP contribution >= 0.6 is 0 Å². The lowest BCUT2D eigenvalue weighted by Crippen LogP contribution is -2.35. The minimum absolute atomic E-state index is 0.0224. The fraction of sp³-hybridized carbons (Fsp3) is 0.615. The fourth-order valence-corrected chi connectivity index (χ4v) is 1.82. The average Bonchev–Trinajstić information content (AvgIpc) is 2.26. The van der Waals surface area contributed by atoms with Crippen molar-refractivity contribution < 1.29 is 10.0 Å². The molecule has 0 fully saturated rings. The number of hydrogen-bond donors (Lipinski definition) is 2. The van der Waals surface area contributed by atoms with E-state index in [4.69, 9.17) is 5.11 Å². The molecule has 0 bridgehead atoms. The quantitative estimate of drug-likeness (QED) is 0.632. The zero-order chi connectivity index (χ0) is 14.6. The van der Waals surface area contributed by atoms with Crippen molar-refractivity contribution in [1.82, 2.24) is 4.98 Å². The monoisotopic (exact) mass is 267 g/mol. The molecule has 0 aromatic carbocycles. The fourth-order valence-electron chi connectivity index (χ4n) is 1.82. The summed E-state index contributed by atoms with van der Waals surface area (Å²) in [5.74, 6) is 0.262. The number of aliphatic hydroxyl groups excluding tert-OH is 1. The summed E-state index contributed by atoms with van der Waals surface area (Å²) in [5, 5.41) is 23.2. The second kappa shape index (κ2) is 5.97. The van der Waals surface area contributed by atoms with Crippen LogP contribution in [0.2, 0.25) is 0 Å². The van der Waals surface area contributed by atoms with Gasteiger partial charge in [0.05, 0.1) is 4.92 Å². The molecule has 1 aromatic heterocycles. The standard InChI is InChI=1S/C13H21N3O3/c1-9-5-6-10(16(18)19)12(14-9)15-11(7-8-17)13(2,3)4/h5-6,11,17H,7-8H2,1-4H3,(H,14,15). The molecule has 0 amide bonds. The first-order chi connectivity index (χ1) is 8.75. The molecular weight excluding hydrogens is 246 g/mol. The maximum absolute atomic E-state index is 11.0. The van der Waals surface area contributed by atoms with Gasteiger partial charge < -0.3 is 10.4 Å². The summed E-state index contributed by atoms with van der Waals surface area (Å²) in [6.45, 7) is 7.85. The number of aromatic nitrogens is 1. The van der Waals surface area contributed by atoms with Crippen LogP contribution in [0.3, 0.4) is 0 Å². The van der Waals surface area contributed by atoms with Gasteiger partial charge in [-0.3, -0.25) is 10.1 Å². The van der Waals surface area contributed by atoms with Crippen molar-refractivity contribution in [3.8, 4) is 0 Å². The third-order valence-electron chi connectivity index (χ3n) is 2.98. The van der Waals surface area contributed by atoms with Crippen molar-refractivity contribution in [2.45, 2.75) is 40.2 Å². The minimum atomic E-state index is -0.451. The van der Waals surface area contributed by atoms with Crippen LogP contribution in [0.1, 0.15) is 32.9 Å². The Morgan fingerprint density at radius 2 is 2.11 bits per heavy atom. The Kier molecular flexibility index (Phi) is 4.83. The number of aliphatic hydroxyl groups is 1. The maximum atomic E-state index is 11.0. The molecule has 6 heteroatoms. The lowest BCUT2D eigenvalue weighted by molar-refractivity contribution is -0.384. The Morgan fingerprint density at radius 3 is 2.58 bits per heavy atom.